The van der Waals surface area contributed by atoms with Crippen LogP contribution in [0.5, 0.6) is 5.75 Å². The van der Waals surface area contributed by atoms with E-state index in [1.54, 1.807) is 25.1 Å². The first kappa shape index (κ1) is 23.8. The number of amides is 2. The summed E-state index contributed by atoms with van der Waals surface area (Å²) in [5.74, 6) is 0.171. The van der Waals surface area contributed by atoms with Crippen molar-refractivity contribution in [1.29, 1.82) is 0 Å². The molecule has 34 heavy (non-hydrogen) atoms. The summed E-state index contributed by atoms with van der Waals surface area (Å²) in [6, 6.07) is 13.5. The molecular formula is C27H34N4O3. The number of aryl methyl sites for hydroxylation is 1. The van der Waals surface area contributed by atoms with E-state index >= 15 is 0 Å². The highest BCUT2D eigenvalue weighted by molar-refractivity contribution is 5.93. The number of anilines is 2. The molecule has 4 rings (SSSR count). The molecule has 0 unspecified atom stereocenters. The van der Waals surface area contributed by atoms with Gasteiger partial charge in [-0.1, -0.05) is 24.3 Å². The van der Waals surface area contributed by atoms with Gasteiger partial charge in [0.1, 0.15) is 5.75 Å². The lowest BCUT2D eigenvalue weighted by Gasteiger charge is -2.36. The molecule has 2 aliphatic rings. The fraction of sp³-hybridized carbons (Fsp3) is 0.407. The molecule has 7 nitrogen and oxygen atoms in total. The normalized spacial score (nSPS) is 18.7. The highest BCUT2D eigenvalue weighted by Crippen LogP contribution is 2.23. The van der Waals surface area contributed by atoms with Crippen LogP contribution in [-0.4, -0.2) is 72.5 Å². The van der Waals surface area contributed by atoms with E-state index in [-0.39, 0.29) is 23.5 Å². The molecule has 0 aromatic heterocycles. The molecule has 180 valence electrons. The van der Waals surface area contributed by atoms with Gasteiger partial charge in [0.15, 0.2) is 0 Å². The summed E-state index contributed by atoms with van der Waals surface area (Å²) in [6.07, 6.45) is 0.740. The Bertz CT molecular complexity index is 1060. The molecule has 2 heterocycles. The van der Waals surface area contributed by atoms with Crippen LogP contribution in [0, 0.1) is 12.8 Å². The number of carbonyl (C=O) groups is 2. The smallest absolute Gasteiger partial charge is 0.236 e. The zero-order valence-corrected chi connectivity index (χ0v) is 20.1. The number of phenolic OH excluding ortho intramolecular Hbond substituents is 1. The lowest BCUT2D eigenvalue weighted by atomic mass is 10.1. The first-order chi connectivity index (χ1) is 16.3. The van der Waals surface area contributed by atoms with Crippen LogP contribution in [0.4, 0.5) is 11.4 Å². The van der Waals surface area contributed by atoms with Crippen molar-refractivity contribution >= 4 is 28.8 Å². The maximum absolute atomic E-state index is 12.9. The summed E-state index contributed by atoms with van der Waals surface area (Å²) in [4.78, 5) is 31.9. The third kappa shape index (κ3) is 5.59. The van der Waals surface area contributed by atoms with Gasteiger partial charge in [-0.2, -0.15) is 0 Å². The van der Waals surface area contributed by atoms with Gasteiger partial charge in [0.2, 0.25) is 11.8 Å². The summed E-state index contributed by atoms with van der Waals surface area (Å²) >= 11 is 0. The number of hydrogen-bond donors (Lipinski definition) is 2. The van der Waals surface area contributed by atoms with Gasteiger partial charge in [-0.25, -0.2) is 0 Å². The van der Waals surface area contributed by atoms with Crippen LogP contribution in [-0.2, 0) is 9.59 Å². The van der Waals surface area contributed by atoms with Crippen LogP contribution in [0.25, 0.3) is 5.57 Å². The molecule has 7 heteroatoms. The van der Waals surface area contributed by atoms with Crippen molar-refractivity contribution in [3.63, 3.8) is 0 Å². The highest BCUT2D eigenvalue weighted by Gasteiger charge is 2.31. The molecular weight excluding hydrogens is 428 g/mol. The zero-order valence-electron chi connectivity index (χ0n) is 20.1. The molecule has 0 radical (unpaired) electrons. The maximum atomic E-state index is 12.9. The summed E-state index contributed by atoms with van der Waals surface area (Å²) in [6.45, 7) is 12.5. The average molecular weight is 463 g/mol. The zero-order chi connectivity index (χ0) is 24.2. The van der Waals surface area contributed by atoms with E-state index in [9.17, 15) is 14.7 Å². The van der Waals surface area contributed by atoms with E-state index < -0.39 is 0 Å². The lowest BCUT2D eigenvalue weighted by Crippen LogP contribution is -2.51. The number of allylic oxidation sites excluding steroid dienone is 1. The number of phenols is 1. The van der Waals surface area contributed by atoms with Gasteiger partial charge in [-0.15, -0.1) is 0 Å². The second kappa shape index (κ2) is 10.3. The van der Waals surface area contributed by atoms with E-state index in [1.807, 2.05) is 11.8 Å². The number of carbonyl (C=O) groups excluding carboxylic acids is 2. The molecule has 0 aliphatic carbocycles. The minimum absolute atomic E-state index is 0.0358. The Labute approximate surface area is 201 Å². The molecule has 2 amide bonds. The average Bonchev–Trinajstić information content (AvgIpc) is 3.30. The topological polar surface area (TPSA) is 76.1 Å². The number of nitrogens with one attached hydrogen (secondary N) is 1. The summed E-state index contributed by atoms with van der Waals surface area (Å²) in [5.41, 5.74) is 4.78. The van der Waals surface area contributed by atoms with E-state index in [4.69, 9.17) is 0 Å². The van der Waals surface area contributed by atoms with Crippen LogP contribution in [0.15, 0.2) is 49.0 Å². The van der Waals surface area contributed by atoms with Crippen molar-refractivity contribution in [3.05, 3.63) is 60.2 Å². The molecule has 2 fully saturated rings. The monoisotopic (exact) mass is 462 g/mol. The maximum Gasteiger partial charge on any atom is 0.236 e. The molecule has 2 N–H and O–H groups in total. The van der Waals surface area contributed by atoms with Crippen LogP contribution >= 0.6 is 0 Å². The molecule has 2 aliphatic heterocycles. The summed E-state index contributed by atoms with van der Waals surface area (Å²) in [7, 11) is 0. The van der Waals surface area contributed by atoms with Gasteiger partial charge < -0.3 is 20.2 Å². The number of hydrogen-bond acceptors (Lipinski definition) is 5. The summed E-state index contributed by atoms with van der Waals surface area (Å²) < 4.78 is 0. The third-order valence-corrected chi connectivity index (χ3v) is 6.82. The lowest BCUT2D eigenvalue weighted by molar-refractivity contribution is -0.132. The summed E-state index contributed by atoms with van der Waals surface area (Å²) in [5, 5.41) is 12.6. The van der Waals surface area contributed by atoms with Crippen molar-refractivity contribution in [2.75, 3.05) is 56.0 Å². The van der Waals surface area contributed by atoms with Crippen molar-refractivity contribution in [2.45, 2.75) is 20.3 Å². The van der Waals surface area contributed by atoms with Crippen molar-refractivity contribution in [2.24, 2.45) is 5.92 Å². The molecule has 0 saturated carbocycles. The number of likely N-dealkylation sites (tertiary alicyclic amines) is 1. The first-order valence-electron chi connectivity index (χ1n) is 11.9. The minimum atomic E-state index is -0.138. The fourth-order valence-electron chi connectivity index (χ4n) is 4.63. The number of piperazine rings is 1. The van der Waals surface area contributed by atoms with Crippen molar-refractivity contribution in [1.82, 2.24) is 9.80 Å². The molecule has 0 bridgehead atoms. The van der Waals surface area contributed by atoms with Crippen LogP contribution in [0.3, 0.4) is 0 Å². The minimum Gasteiger partial charge on any atom is -0.508 e. The number of rotatable bonds is 6. The second-order valence-electron chi connectivity index (χ2n) is 9.41. The largest absolute Gasteiger partial charge is 0.508 e. The highest BCUT2D eigenvalue weighted by atomic mass is 16.3. The van der Waals surface area contributed by atoms with Gasteiger partial charge in [-0.3, -0.25) is 14.5 Å². The molecule has 2 saturated heterocycles. The second-order valence-corrected chi connectivity index (χ2v) is 9.41. The molecule has 0 spiro atoms. The van der Waals surface area contributed by atoms with E-state index in [2.05, 4.69) is 46.0 Å². The van der Waals surface area contributed by atoms with E-state index in [0.29, 0.717) is 31.9 Å². The predicted molar refractivity (Wildman–Crippen MR) is 136 cm³/mol. The number of benzene rings is 2. The number of aromatic hydroxyl groups is 1. The van der Waals surface area contributed by atoms with Gasteiger partial charge in [0.25, 0.3) is 0 Å². The first-order valence-corrected chi connectivity index (χ1v) is 11.9. The molecule has 1 atom stereocenters. The number of nitrogens with zero attached hydrogens (tertiary/aromatic N) is 3. The van der Waals surface area contributed by atoms with Crippen molar-refractivity contribution in [3.8, 4) is 5.75 Å². The Morgan fingerprint density at radius 3 is 2.41 bits per heavy atom. The molecule has 2 aromatic carbocycles. The standard InChI is InChI=1S/C27H34N4O3/c1-19(2)21-4-7-24(8-5-21)30-12-14-31(15-13-30)26(33)18-29-11-10-22(17-29)27(34)28-23-6-9-25(32)20(3)16-23/h4-9,16,22,32H,1,10-15,17-18H2,2-3H3,(H,28,34)/t22-/m1/s1. The SMILES string of the molecule is C=C(C)c1ccc(N2CCN(C(=O)CN3CC[C@@H](C(=O)Nc4ccc(O)c(C)c4)C3)CC2)cc1. The van der Waals surface area contributed by atoms with Gasteiger partial charge in [-0.05, 0) is 68.3 Å². The Kier molecular flexibility index (Phi) is 7.22. The van der Waals surface area contributed by atoms with Gasteiger partial charge in [0, 0.05) is 44.1 Å². The van der Waals surface area contributed by atoms with Crippen LogP contribution in [0.2, 0.25) is 0 Å². The van der Waals surface area contributed by atoms with E-state index in [1.165, 1.54) is 5.69 Å². The van der Waals surface area contributed by atoms with Crippen LogP contribution < -0.4 is 10.2 Å². The quantitative estimate of drug-likeness (QED) is 0.644. The Balaban J connectivity index is 1.22. The Hall–Kier alpha value is -3.32. The van der Waals surface area contributed by atoms with E-state index in [0.717, 1.165) is 42.8 Å². The fourth-order valence-corrected chi connectivity index (χ4v) is 4.63. The van der Waals surface area contributed by atoms with Gasteiger partial charge in [0.05, 0.1) is 12.5 Å². The van der Waals surface area contributed by atoms with Gasteiger partial charge >= 0.3 is 0 Å². The predicted octanol–water partition coefficient (Wildman–Crippen LogP) is 3.34. The van der Waals surface area contributed by atoms with Crippen molar-refractivity contribution < 1.29 is 14.7 Å². The Morgan fingerprint density at radius 2 is 1.76 bits per heavy atom. The Morgan fingerprint density at radius 1 is 1.06 bits per heavy atom. The van der Waals surface area contributed by atoms with Crippen LogP contribution in [0.1, 0.15) is 24.5 Å². The third-order valence-electron chi connectivity index (χ3n) is 6.82. The molecule has 2 aromatic rings.